The summed E-state index contributed by atoms with van der Waals surface area (Å²) in [6.07, 6.45) is -5.47. The van der Waals surface area contributed by atoms with Crippen LogP contribution in [0.1, 0.15) is 16.7 Å². The van der Waals surface area contributed by atoms with Crippen LogP contribution in [0, 0.1) is 11.3 Å². The molecule has 0 aliphatic heterocycles. The maximum Gasteiger partial charge on any atom is 0.573 e. The van der Waals surface area contributed by atoms with Crippen molar-refractivity contribution in [3.63, 3.8) is 0 Å². The molecule has 0 unspecified atom stereocenters. The molecule has 19 heavy (non-hydrogen) atoms. The van der Waals surface area contributed by atoms with Crippen LogP contribution < -0.4 is 4.74 Å². The molecule has 0 aliphatic rings. The van der Waals surface area contributed by atoms with Crippen LogP contribution in [0.4, 0.5) is 13.2 Å². The van der Waals surface area contributed by atoms with E-state index in [1.807, 2.05) is 0 Å². The lowest BCUT2D eigenvalue weighted by atomic mass is 10.0. The predicted molar refractivity (Wildman–Crippen MR) is 58.7 cm³/mol. The Morgan fingerprint density at radius 2 is 2.11 bits per heavy atom. The lowest BCUT2D eigenvalue weighted by molar-refractivity contribution is -0.274. The monoisotopic (exact) mass is 293 g/mol. The van der Waals surface area contributed by atoms with Crippen molar-refractivity contribution in [1.82, 2.24) is 0 Å². The van der Waals surface area contributed by atoms with Crippen LogP contribution in [0.15, 0.2) is 12.1 Å². The first-order valence-electron chi connectivity index (χ1n) is 4.86. The smallest absolute Gasteiger partial charge is 0.481 e. The summed E-state index contributed by atoms with van der Waals surface area (Å²) in [6.45, 7) is 0. The third-order valence-electron chi connectivity index (χ3n) is 2.08. The number of hydrogen-bond acceptors (Lipinski definition) is 3. The van der Waals surface area contributed by atoms with Gasteiger partial charge >= 0.3 is 12.3 Å². The van der Waals surface area contributed by atoms with Crippen molar-refractivity contribution in [1.29, 1.82) is 5.26 Å². The number of carbonyl (C=O) groups is 1. The molecular formula is C11H7ClF3NO3. The van der Waals surface area contributed by atoms with Crippen molar-refractivity contribution < 1.29 is 27.8 Å². The first kappa shape index (κ1) is 15.1. The number of alkyl halides is 4. The summed E-state index contributed by atoms with van der Waals surface area (Å²) in [5, 5.41) is 17.4. The zero-order chi connectivity index (χ0) is 14.6. The summed E-state index contributed by atoms with van der Waals surface area (Å²) < 4.78 is 40.3. The van der Waals surface area contributed by atoms with E-state index in [2.05, 4.69) is 4.74 Å². The van der Waals surface area contributed by atoms with Gasteiger partial charge < -0.3 is 9.84 Å². The Morgan fingerprint density at radius 3 is 2.53 bits per heavy atom. The van der Waals surface area contributed by atoms with Gasteiger partial charge in [-0.05, 0) is 17.2 Å². The summed E-state index contributed by atoms with van der Waals surface area (Å²) in [5.74, 6) is -2.20. The molecule has 0 saturated carbocycles. The van der Waals surface area contributed by atoms with Crippen LogP contribution in [-0.2, 0) is 17.1 Å². The Hall–Kier alpha value is -1.94. The Kier molecular flexibility index (Phi) is 4.62. The first-order chi connectivity index (χ1) is 8.76. The van der Waals surface area contributed by atoms with Gasteiger partial charge in [-0.25, -0.2) is 0 Å². The summed E-state index contributed by atoms with van der Waals surface area (Å²) in [4.78, 5) is 10.6. The molecule has 102 valence electrons. The van der Waals surface area contributed by atoms with Gasteiger partial charge in [0, 0.05) is 5.88 Å². The quantitative estimate of drug-likeness (QED) is 0.867. The number of benzene rings is 1. The number of carboxylic acids is 1. The van der Waals surface area contributed by atoms with E-state index >= 15 is 0 Å². The third-order valence-corrected chi connectivity index (χ3v) is 2.37. The minimum Gasteiger partial charge on any atom is -0.481 e. The number of nitrogens with zero attached hydrogens (tertiary/aromatic N) is 1. The van der Waals surface area contributed by atoms with E-state index in [0.29, 0.717) is 0 Å². The number of ether oxygens (including phenoxy) is 1. The number of rotatable bonds is 4. The van der Waals surface area contributed by atoms with E-state index in [-0.39, 0.29) is 22.6 Å². The molecule has 1 rings (SSSR count). The highest BCUT2D eigenvalue weighted by Crippen LogP contribution is 2.30. The van der Waals surface area contributed by atoms with Crippen LogP contribution in [0.25, 0.3) is 0 Å². The molecule has 1 aromatic carbocycles. The van der Waals surface area contributed by atoms with Crippen LogP contribution in [0.5, 0.6) is 5.75 Å². The molecule has 0 spiro atoms. The molecule has 0 bridgehead atoms. The van der Waals surface area contributed by atoms with Gasteiger partial charge in [0.1, 0.15) is 11.8 Å². The molecule has 0 atom stereocenters. The van der Waals surface area contributed by atoms with Gasteiger partial charge in [0.15, 0.2) is 0 Å². The summed E-state index contributed by atoms with van der Waals surface area (Å²) in [6, 6.07) is 3.70. The van der Waals surface area contributed by atoms with Crippen molar-refractivity contribution in [2.45, 2.75) is 18.7 Å². The molecule has 1 N–H and O–H groups in total. The fourth-order valence-electron chi connectivity index (χ4n) is 1.45. The summed E-state index contributed by atoms with van der Waals surface area (Å²) in [7, 11) is 0. The Balaban J connectivity index is 3.32. The van der Waals surface area contributed by atoms with Gasteiger partial charge in [0.2, 0.25) is 0 Å². The molecule has 0 saturated heterocycles. The number of halogens is 4. The molecule has 4 nitrogen and oxygen atoms in total. The van der Waals surface area contributed by atoms with Crippen molar-refractivity contribution in [2.75, 3.05) is 0 Å². The zero-order valence-electron chi connectivity index (χ0n) is 9.29. The number of aliphatic carboxylic acids is 1. The average Bonchev–Trinajstić information content (AvgIpc) is 2.25. The summed E-state index contributed by atoms with van der Waals surface area (Å²) in [5.41, 5.74) is -0.204. The van der Waals surface area contributed by atoms with E-state index in [1.165, 1.54) is 6.07 Å². The molecular weight excluding hydrogens is 287 g/mol. The minimum absolute atomic E-state index is 0.0707. The maximum atomic E-state index is 12.2. The SMILES string of the molecule is N#Cc1c(CCl)cc(CC(=O)O)cc1OC(F)(F)F. The Bertz CT molecular complexity index is 537. The van der Waals surface area contributed by atoms with Crippen molar-refractivity contribution in [2.24, 2.45) is 0 Å². The molecule has 0 radical (unpaired) electrons. The van der Waals surface area contributed by atoms with Gasteiger partial charge in [-0.1, -0.05) is 6.07 Å². The first-order valence-corrected chi connectivity index (χ1v) is 5.39. The van der Waals surface area contributed by atoms with Gasteiger partial charge in [0.05, 0.1) is 12.0 Å². The van der Waals surface area contributed by atoms with Crippen LogP contribution in [-0.4, -0.2) is 17.4 Å². The van der Waals surface area contributed by atoms with Gasteiger partial charge in [-0.2, -0.15) is 5.26 Å². The highest BCUT2D eigenvalue weighted by atomic mass is 35.5. The second-order valence-corrected chi connectivity index (χ2v) is 3.76. The van der Waals surface area contributed by atoms with Gasteiger partial charge in [-0.15, -0.1) is 24.8 Å². The van der Waals surface area contributed by atoms with Gasteiger partial charge in [-0.3, -0.25) is 4.79 Å². The lowest BCUT2D eigenvalue weighted by Gasteiger charge is -2.13. The third kappa shape index (κ3) is 4.34. The predicted octanol–water partition coefficient (Wildman–Crippen LogP) is 2.82. The molecule has 1 aromatic rings. The highest BCUT2D eigenvalue weighted by molar-refractivity contribution is 6.17. The molecule has 8 heteroatoms. The van der Waals surface area contributed by atoms with E-state index in [1.54, 1.807) is 6.07 Å². The zero-order valence-corrected chi connectivity index (χ0v) is 10.0. The second-order valence-electron chi connectivity index (χ2n) is 3.49. The normalized spacial score (nSPS) is 10.9. The van der Waals surface area contributed by atoms with E-state index in [0.717, 1.165) is 6.07 Å². The summed E-state index contributed by atoms with van der Waals surface area (Å²) >= 11 is 5.53. The van der Waals surface area contributed by atoms with Crippen LogP contribution >= 0.6 is 11.6 Å². The fraction of sp³-hybridized carbons (Fsp3) is 0.273. The molecule has 0 amide bonds. The number of nitriles is 1. The van der Waals surface area contributed by atoms with Crippen LogP contribution in [0.2, 0.25) is 0 Å². The standard InChI is InChI=1S/C11H7ClF3NO3/c12-4-7-1-6(3-10(17)18)2-9(8(7)5-16)19-11(13,14)15/h1-2H,3-4H2,(H,17,18). The second kappa shape index (κ2) is 5.80. The average molecular weight is 294 g/mol. The van der Waals surface area contributed by atoms with E-state index in [9.17, 15) is 18.0 Å². The number of hydrogen-bond donors (Lipinski definition) is 1. The van der Waals surface area contributed by atoms with Crippen molar-refractivity contribution >= 4 is 17.6 Å². The van der Waals surface area contributed by atoms with Crippen LogP contribution in [0.3, 0.4) is 0 Å². The molecule has 0 aliphatic carbocycles. The fourth-order valence-corrected chi connectivity index (χ4v) is 1.66. The molecule has 0 heterocycles. The van der Waals surface area contributed by atoms with Crippen molar-refractivity contribution in [3.05, 3.63) is 28.8 Å². The van der Waals surface area contributed by atoms with Crippen molar-refractivity contribution in [3.8, 4) is 11.8 Å². The van der Waals surface area contributed by atoms with E-state index < -0.39 is 24.5 Å². The largest absolute Gasteiger partial charge is 0.573 e. The van der Waals surface area contributed by atoms with E-state index in [4.69, 9.17) is 22.0 Å². The van der Waals surface area contributed by atoms with Gasteiger partial charge in [0.25, 0.3) is 0 Å². The number of carboxylic acid groups (broad SMARTS) is 1. The minimum atomic E-state index is -4.98. The Morgan fingerprint density at radius 1 is 1.47 bits per heavy atom. The molecule has 0 fully saturated rings. The maximum absolute atomic E-state index is 12.2. The highest BCUT2D eigenvalue weighted by Gasteiger charge is 2.33. The Labute approximate surface area is 111 Å². The lowest BCUT2D eigenvalue weighted by Crippen LogP contribution is -2.18. The molecule has 0 aromatic heterocycles. The topological polar surface area (TPSA) is 70.3 Å².